The van der Waals surface area contributed by atoms with Crippen molar-refractivity contribution in [3.8, 4) is 0 Å². The highest BCUT2D eigenvalue weighted by Gasteiger charge is 2.62. The largest absolute Gasteiger partial charge is 0.465 e. The summed E-state index contributed by atoms with van der Waals surface area (Å²) in [4.78, 5) is 28.7. The molecule has 0 bridgehead atoms. The van der Waals surface area contributed by atoms with Crippen LogP contribution < -0.4 is 0 Å². The lowest BCUT2D eigenvalue weighted by Crippen LogP contribution is -2.42. The molecule has 3 unspecified atom stereocenters. The number of fused-ring (bicyclic) bond motifs is 3. The van der Waals surface area contributed by atoms with Gasteiger partial charge in [0.2, 0.25) is 0 Å². The molecule has 1 aromatic heterocycles. The third kappa shape index (κ3) is 2.57. The first-order valence-electron chi connectivity index (χ1n) is 10.7. The Balaban J connectivity index is 1.24. The maximum absolute atomic E-state index is 13.1. The van der Waals surface area contributed by atoms with Crippen LogP contribution in [0.3, 0.4) is 0 Å². The lowest BCUT2D eigenvalue weighted by atomic mass is 9.90. The molecular weight excluding hydrogens is 370 g/mol. The predicted octanol–water partition coefficient (Wildman–Crippen LogP) is 2.44. The highest BCUT2D eigenvalue weighted by atomic mass is 16.4. The Morgan fingerprint density at radius 3 is 2.52 bits per heavy atom. The third-order valence-corrected chi connectivity index (χ3v) is 7.93. The first-order valence-corrected chi connectivity index (χ1v) is 10.7. The molecule has 2 saturated carbocycles. The van der Waals surface area contributed by atoms with E-state index in [-0.39, 0.29) is 23.8 Å². The third-order valence-electron chi connectivity index (χ3n) is 7.93. The lowest BCUT2D eigenvalue weighted by molar-refractivity contribution is 0.0756. The van der Waals surface area contributed by atoms with E-state index < -0.39 is 6.09 Å². The molecule has 0 spiro atoms. The molecule has 2 aliphatic heterocycles. The number of carboxylic acid groups (broad SMARTS) is 1. The zero-order valence-corrected chi connectivity index (χ0v) is 16.2. The quantitative estimate of drug-likeness (QED) is 0.813. The van der Waals surface area contributed by atoms with Crippen LogP contribution in [0.15, 0.2) is 18.2 Å². The predicted molar refractivity (Wildman–Crippen MR) is 104 cm³/mol. The fourth-order valence-electron chi connectivity index (χ4n) is 6.66. The second-order valence-corrected chi connectivity index (χ2v) is 9.28. The maximum Gasteiger partial charge on any atom is 0.407 e. The Hall–Kier alpha value is -2.64. The van der Waals surface area contributed by atoms with Crippen molar-refractivity contribution >= 4 is 23.0 Å². The minimum atomic E-state index is -0.789. The molecule has 6 rings (SSSR count). The average Bonchev–Trinajstić information content (AvgIpc) is 3.07. The van der Waals surface area contributed by atoms with Gasteiger partial charge in [0.15, 0.2) is 0 Å². The van der Waals surface area contributed by atoms with Gasteiger partial charge < -0.3 is 14.9 Å². The minimum Gasteiger partial charge on any atom is -0.465 e. The summed E-state index contributed by atoms with van der Waals surface area (Å²) in [7, 11) is 0. The SMILES string of the molecule is O=C(c1ccc2n[nH]nc2c1)N1C[C@H]2CN(C(=O)O)C(C3C4CCCCC43)[C@H]2C1. The van der Waals surface area contributed by atoms with Crippen LogP contribution >= 0.6 is 0 Å². The van der Waals surface area contributed by atoms with Gasteiger partial charge in [-0.25, -0.2) is 4.79 Å². The molecule has 2 amide bonds. The van der Waals surface area contributed by atoms with Gasteiger partial charge in [-0.3, -0.25) is 4.79 Å². The van der Waals surface area contributed by atoms with Gasteiger partial charge in [0.05, 0.1) is 0 Å². The molecule has 29 heavy (non-hydrogen) atoms. The van der Waals surface area contributed by atoms with Crippen molar-refractivity contribution in [2.75, 3.05) is 19.6 Å². The van der Waals surface area contributed by atoms with Crippen molar-refractivity contribution < 1.29 is 14.7 Å². The van der Waals surface area contributed by atoms with Crippen molar-refractivity contribution in [3.63, 3.8) is 0 Å². The van der Waals surface area contributed by atoms with Gasteiger partial charge in [0.25, 0.3) is 5.91 Å². The minimum absolute atomic E-state index is 0.0122. The van der Waals surface area contributed by atoms with Gasteiger partial charge in [-0.1, -0.05) is 12.8 Å². The summed E-state index contributed by atoms with van der Waals surface area (Å²) < 4.78 is 0. The summed E-state index contributed by atoms with van der Waals surface area (Å²) in [6, 6.07) is 5.48. The van der Waals surface area contributed by atoms with Crippen molar-refractivity contribution in [1.29, 1.82) is 0 Å². The molecule has 0 radical (unpaired) electrons. The first-order chi connectivity index (χ1) is 14.1. The molecule has 2 N–H and O–H groups in total. The van der Waals surface area contributed by atoms with Crippen LogP contribution in [-0.2, 0) is 0 Å². The fourth-order valence-corrected chi connectivity index (χ4v) is 6.66. The summed E-state index contributed by atoms with van der Waals surface area (Å²) in [5.41, 5.74) is 2.05. The highest BCUT2D eigenvalue weighted by molar-refractivity contribution is 5.97. The number of aromatic amines is 1. The first kappa shape index (κ1) is 17.2. The van der Waals surface area contributed by atoms with Gasteiger partial charge in [-0.15, -0.1) is 0 Å². The monoisotopic (exact) mass is 395 g/mol. The van der Waals surface area contributed by atoms with E-state index >= 15 is 0 Å². The molecule has 4 fully saturated rings. The molecule has 8 nitrogen and oxygen atoms in total. The molecule has 152 valence electrons. The van der Waals surface area contributed by atoms with Crippen molar-refractivity contribution in [3.05, 3.63) is 23.8 Å². The Labute approximate surface area is 168 Å². The standard InChI is InChI=1S/C21H25N5O3/c27-20(11-5-6-16-17(7-11)23-24-22-16)25-8-12-9-26(21(28)29)19(15(12)10-25)18-13-3-1-2-4-14(13)18/h5-7,12-15,18-19H,1-4,8-10H2,(H,28,29)(H,22,23,24)/t12-,13?,14?,15-,18?,19?/m0/s1. The maximum atomic E-state index is 13.1. The van der Waals surface area contributed by atoms with Crippen molar-refractivity contribution in [1.82, 2.24) is 25.2 Å². The normalized spacial score (nSPS) is 35.6. The molecule has 2 aromatic rings. The number of carbonyl (C=O) groups excluding carboxylic acids is 1. The summed E-state index contributed by atoms with van der Waals surface area (Å²) >= 11 is 0. The zero-order valence-electron chi connectivity index (χ0n) is 16.2. The average molecular weight is 395 g/mol. The smallest absolute Gasteiger partial charge is 0.407 e. The summed E-state index contributed by atoms with van der Waals surface area (Å²) in [5.74, 6) is 2.44. The van der Waals surface area contributed by atoms with Crippen molar-refractivity contribution in [2.24, 2.45) is 29.6 Å². The number of amides is 2. The van der Waals surface area contributed by atoms with E-state index in [9.17, 15) is 14.7 Å². The molecular formula is C21H25N5O3. The van der Waals surface area contributed by atoms with E-state index in [0.29, 0.717) is 48.5 Å². The topological polar surface area (TPSA) is 102 Å². The number of hydrogen-bond acceptors (Lipinski definition) is 4. The number of carbonyl (C=O) groups is 2. The van der Waals surface area contributed by atoms with Gasteiger partial charge >= 0.3 is 6.09 Å². The van der Waals surface area contributed by atoms with E-state index in [1.807, 2.05) is 11.0 Å². The zero-order chi connectivity index (χ0) is 19.7. The van der Waals surface area contributed by atoms with Crippen LogP contribution in [0.1, 0.15) is 36.0 Å². The number of nitrogens with one attached hydrogen (secondary N) is 1. The molecule has 2 aliphatic carbocycles. The van der Waals surface area contributed by atoms with E-state index in [4.69, 9.17) is 0 Å². The Morgan fingerprint density at radius 1 is 1.00 bits per heavy atom. The molecule has 4 aliphatic rings. The molecule has 1 aromatic carbocycles. The van der Waals surface area contributed by atoms with E-state index in [0.717, 1.165) is 5.52 Å². The number of rotatable bonds is 2. The summed E-state index contributed by atoms with van der Waals surface area (Å²) in [5, 5.41) is 20.5. The summed E-state index contributed by atoms with van der Waals surface area (Å²) in [6.45, 7) is 1.86. The van der Waals surface area contributed by atoms with Gasteiger partial charge in [-0.05, 0) is 48.8 Å². The van der Waals surface area contributed by atoms with Crippen LogP contribution in [-0.4, -0.2) is 68.0 Å². The molecule has 2 saturated heterocycles. The fraction of sp³-hybridized carbons (Fsp3) is 0.619. The van der Waals surface area contributed by atoms with Crippen LogP contribution in [0.5, 0.6) is 0 Å². The molecule has 8 heteroatoms. The Kier molecular flexibility index (Phi) is 3.67. The lowest BCUT2D eigenvalue weighted by Gasteiger charge is -2.28. The van der Waals surface area contributed by atoms with E-state index in [2.05, 4.69) is 15.4 Å². The van der Waals surface area contributed by atoms with Gasteiger partial charge in [-0.2, -0.15) is 15.4 Å². The van der Waals surface area contributed by atoms with Crippen LogP contribution in [0.25, 0.3) is 11.0 Å². The molecule has 3 heterocycles. The highest BCUT2D eigenvalue weighted by Crippen LogP contribution is 2.61. The van der Waals surface area contributed by atoms with Crippen LogP contribution in [0, 0.1) is 29.6 Å². The summed E-state index contributed by atoms with van der Waals surface area (Å²) in [6.07, 6.45) is 4.26. The number of nitrogens with zero attached hydrogens (tertiary/aromatic N) is 4. The molecule has 5 atom stereocenters. The van der Waals surface area contributed by atoms with Gasteiger partial charge in [0.1, 0.15) is 11.0 Å². The van der Waals surface area contributed by atoms with Gasteiger partial charge in [0, 0.05) is 43.1 Å². The van der Waals surface area contributed by atoms with Crippen LogP contribution in [0.2, 0.25) is 0 Å². The van der Waals surface area contributed by atoms with Crippen molar-refractivity contribution in [2.45, 2.75) is 31.7 Å². The number of hydrogen-bond donors (Lipinski definition) is 2. The number of likely N-dealkylation sites (tertiary alicyclic amines) is 2. The van der Waals surface area contributed by atoms with E-state index in [1.165, 1.54) is 25.7 Å². The number of aromatic nitrogens is 3. The second kappa shape index (κ2) is 6.18. The second-order valence-electron chi connectivity index (χ2n) is 9.28. The number of H-pyrrole nitrogens is 1. The number of benzene rings is 1. The Morgan fingerprint density at radius 2 is 1.76 bits per heavy atom. The van der Waals surface area contributed by atoms with E-state index in [1.54, 1.807) is 17.0 Å². The van der Waals surface area contributed by atoms with Crippen LogP contribution in [0.4, 0.5) is 4.79 Å². The Bertz CT molecular complexity index is 978.